The third-order valence-electron chi connectivity index (χ3n) is 7.56. The van der Waals surface area contributed by atoms with Crippen LogP contribution in [0.5, 0.6) is 0 Å². The zero-order valence-electron chi connectivity index (χ0n) is 25.5. The summed E-state index contributed by atoms with van der Waals surface area (Å²) in [5.74, 6) is 0. The molecular weight excluding hydrogens is 524 g/mol. The van der Waals surface area contributed by atoms with Crippen LogP contribution in [0.25, 0.3) is 0 Å². The third kappa shape index (κ3) is 6.17. The number of rotatable bonds is 4. The Labute approximate surface area is 228 Å². The van der Waals surface area contributed by atoms with E-state index in [9.17, 15) is 19.6 Å². The Balaban J connectivity index is 2.93. The van der Waals surface area contributed by atoms with Crippen LogP contribution >= 0.6 is 14.7 Å². The third-order valence-corrected chi connectivity index (χ3v) is 15.2. The Kier molecular flexibility index (Phi) is 7.86. The molecule has 0 amide bonds. The minimum atomic E-state index is -6.77. The molecule has 38 heavy (non-hydrogen) atoms. The molecule has 0 spiro atoms. The molecule has 4 N–H and O–H groups in total. The van der Waals surface area contributed by atoms with E-state index in [1.807, 2.05) is 41.5 Å². The van der Waals surface area contributed by atoms with Gasteiger partial charge in [0.05, 0.1) is 0 Å². The second-order valence-corrected chi connectivity index (χ2v) is 21.9. The normalized spacial score (nSPS) is 17.3. The van der Waals surface area contributed by atoms with Gasteiger partial charge in [0.2, 0.25) is 0 Å². The first kappa shape index (κ1) is 33.2. The van der Waals surface area contributed by atoms with Crippen LogP contribution in [0.3, 0.4) is 0 Å². The topological polar surface area (TPSA) is 80.9 Å². The van der Waals surface area contributed by atoms with E-state index in [1.165, 1.54) is 12.1 Å². The van der Waals surface area contributed by atoms with E-state index in [0.717, 1.165) is 18.1 Å². The standard InChI is InChI=1S/C30H50F2O4P2/c1-20(37(31,33,34)25-16-14-21(27(2,3)4)18-23(25)29(8,9)10)38(32,35,36)26-17-15-22(28(5,6)7)19-24(26)30(11,12)13/h14-20,33-36H,1-13H3. The average Bonchev–Trinajstić information content (AvgIpc) is 2.69. The molecule has 4 nitrogen and oxygen atoms in total. The van der Waals surface area contributed by atoms with E-state index in [4.69, 9.17) is 0 Å². The summed E-state index contributed by atoms with van der Waals surface area (Å²) in [5, 5.41) is -3.50. The van der Waals surface area contributed by atoms with Crippen molar-refractivity contribution in [3.8, 4) is 0 Å². The zero-order valence-corrected chi connectivity index (χ0v) is 27.3. The first-order valence-corrected chi connectivity index (χ1v) is 17.4. The van der Waals surface area contributed by atoms with Gasteiger partial charge in [0.15, 0.2) is 0 Å². The van der Waals surface area contributed by atoms with E-state index >= 15 is 8.39 Å². The molecule has 2 aromatic rings. The first-order chi connectivity index (χ1) is 16.4. The summed E-state index contributed by atoms with van der Waals surface area (Å²) >= 11 is 0. The Morgan fingerprint density at radius 3 is 1.00 bits per heavy atom. The summed E-state index contributed by atoms with van der Waals surface area (Å²) in [6, 6.07) is 9.13. The quantitative estimate of drug-likeness (QED) is 0.283. The van der Waals surface area contributed by atoms with Gasteiger partial charge in [0.25, 0.3) is 0 Å². The molecule has 0 aliphatic carbocycles. The van der Waals surface area contributed by atoms with Gasteiger partial charge in [-0.2, -0.15) is 0 Å². The van der Waals surface area contributed by atoms with Crippen LogP contribution in [0.1, 0.15) is 112 Å². The summed E-state index contributed by atoms with van der Waals surface area (Å²) < 4.78 is 33.9. The van der Waals surface area contributed by atoms with Crippen molar-refractivity contribution >= 4 is 25.3 Å². The van der Waals surface area contributed by atoms with E-state index in [1.54, 1.807) is 65.8 Å². The molecule has 0 aromatic heterocycles. The molecule has 0 fully saturated rings. The van der Waals surface area contributed by atoms with Crippen LogP contribution in [0.15, 0.2) is 36.4 Å². The summed E-state index contributed by atoms with van der Waals surface area (Å²) in [6.45, 7) is 23.5. The van der Waals surface area contributed by atoms with Crippen molar-refractivity contribution in [1.29, 1.82) is 0 Å². The van der Waals surface area contributed by atoms with Crippen molar-refractivity contribution in [2.24, 2.45) is 0 Å². The predicted octanol–water partition coefficient (Wildman–Crippen LogP) is 7.68. The molecule has 2 aromatic carbocycles. The molecule has 0 saturated carbocycles. The van der Waals surface area contributed by atoms with Crippen LogP contribution in [-0.2, 0) is 21.7 Å². The fraction of sp³-hybridized carbons (Fsp3) is 0.600. The fourth-order valence-corrected chi connectivity index (χ4v) is 11.5. The SMILES string of the molecule is CC(P(O)(O)(F)c1ccc(C(C)(C)C)cc1C(C)(C)C)P(O)(O)(F)c1ccc(C(C)(C)C)cc1C(C)(C)C. The van der Waals surface area contributed by atoms with Crippen LogP contribution in [0.4, 0.5) is 8.39 Å². The summed E-state index contributed by atoms with van der Waals surface area (Å²) in [5.41, 5.74) is 0.116. The van der Waals surface area contributed by atoms with Crippen molar-refractivity contribution in [2.75, 3.05) is 0 Å². The maximum atomic E-state index is 17.0. The van der Waals surface area contributed by atoms with Gasteiger partial charge in [-0.15, -0.1) is 0 Å². The Bertz CT molecular complexity index is 1110. The van der Waals surface area contributed by atoms with E-state index in [2.05, 4.69) is 0 Å². The van der Waals surface area contributed by atoms with Crippen molar-refractivity contribution in [1.82, 2.24) is 0 Å². The Hall–Kier alpha value is -1.00. The molecule has 0 aliphatic rings. The number of hydrogen-bond acceptors (Lipinski definition) is 4. The van der Waals surface area contributed by atoms with Crippen molar-refractivity contribution < 1.29 is 28.0 Å². The van der Waals surface area contributed by atoms with E-state index in [0.29, 0.717) is 0 Å². The van der Waals surface area contributed by atoms with E-state index in [-0.39, 0.29) is 22.0 Å². The van der Waals surface area contributed by atoms with Gasteiger partial charge >= 0.3 is 229 Å². The van der Waals surface area contributed by atoms with Crippen LogP contribution in [0.2, 0.25) is 0 Å². The molecule has 0 saturated heterocycles. The van der Waals surface area contributed by atoms with Gasteiger partial charge in [0, 0.05) is 0 Å². The Morgan fingerprint density at radius 1 is 0.526 bits per heavy atom. The summed E-state index contributed by atoms with van der Waals surface area (Å²) in [6.07, 6.45) is 0. The van der Waals surface area contributed by atoms with Gasteiger partial charge in [-0.25, -0.2) is 0 Å². The van der Waals surface area contributed by atoms with Gasteiger partial charge in [-0.1, -0.05) is 0 Å². The van der Waals surface area contributed by atoms with Gasteiger partial charge in [-0.05, 0) is 0 Å². The fourth-order valence-electron chi connectivity index (χ4n) is 4.69. The molecule has 218 valence electrons. The van der Waals surface area contributed by atoms with Gasteiger partial charge in [-0.3, -0.25) is 0 Å². The monoisotopic (exact) mass is 574 g/mol. The molecular formula is C30H50F2O4P2. The second kappa shape index (κ2) is 9.00. The zero-order chi connectivity index (χ0) is 30.2. The molecule has 8 heteroatoms. The van der Waals surface area contributed by atoms with Crippen LogP contribution in [-0.4, -0.2) is 25.0 Å². The molecule has 0 heterocycles. The molecule has 0 aliphatic heterocycles. The van der Waals surface area contributed by atoms with Crippen LogP contribution in [0, 0.1) is 0 Å². The first-order valence-electron chi connectivity index (χ1n) is 13.2. The van der Waals surface area contributed by atoms with Crippen molar-refractivity contribution in [3.63, 3.8) is 0 Å². The second-order valence-electron chi connectivity index (χ2n) is 15.1. The average molecular weight is 575 g/mol. The number of halogens is 2. The number of hydrogen-bond donors (Lipinski definition) is 4. The summed E-state index contributed by atoms with van der Waals surface area (Å²) in [7, 11) is -13.5. The van der Waals surface area contributed by atoms with Gasteiger partial charge in [0.1, 0.15) is 0 Å². The van der Waals surface area contributed by atoms with Crippen LogP contribution < -0.4 is 10.6 Å². The van der Waals surface area contributed by atoms with E-state index < -0.39 is 41.6 Å². The Morgan fingerprint density at radius 2 is 0.789 bits per heavy atom. The molecule has 0 radical (unpaired) electrons. The molecule has 2 rings (SSSR count). The van der Waals surface area contributed by atoms with Crippen molar-refractivity contribution in [2.45, 2.75) is 117 Å². The minimum absolute atomic E-state index is 0.285. The molecule has 0 unspecified atom stereocenters. The van der Waals surface area contributed by atoms with Gasteiger partial charge < -0.3 is 0 Å². The predicted molar refractivity (Wildman–Crippen MR) is 161 cm³/mol. The number of benzene rings is 2. The van der Waals surface area contributed by atoms with Crippen molar-refractivity contribution in [3.05, 3.63) is 58.7 Å². The maximum absolute atomic E-state index is 17.0. The summed E-state index contributed by atoms with van der Waals surface area (Å²) in [4.78, 5) is 46.0. The molecule has 0 bridgehead atoms. The molecule has 0 atom stereocenters.